The van der Waals surface area contributed by atoms with Crippen LogP contribution in [0.15, 0.2) is 0 Å². The molecule has 0 aromatic rings. The number of ether oxygens (including phenoxy) is 1. The third-order valence-corrected chi connectivity index (χ3v) is 2.44. The first-order valence-electron chi connectivity index (χ1n) is 4.85. The molecule has 1 aliphatic rings. The van der Waals surface area contributed by atoms with Gasteiger partial charge in [-0.3, -0.25) is 9.63 Å². The monoisotopic (exact) mass is 202 g/mol. The molecule has 3 N–H and O–H groups in total. The zero-order chi connectivity index (χ0) is 10.4. The van der Waals surface area contributed by atoms with E-state index in [1.165, 1.54) is 0 Å². The van der Waals surface area contributed by atoms with Crippen LogP contribution in [-0.2, 0) is 14.4 Å². The standard InChI is InChI=1S/C9H18N2O3/c1-13-5-6-14-11-8(12)7-9(10)3-2-4-9/h2-7,10H2,1H3,(H,11,12). The van der Waals surface area contributed by atoms with Gasteiger partial charge in [-0.05, 0) is 19.3 Å². The molecule has 0 aliphatic heterocycles. The van der Waals surface area contributed by atoms with Crippen LogP contribution >= 0.6 is 0 Å². The predicted molar refractivity (Wildman–Crippen MR) is 51.4 cm³/mol. The zero-order valence-electron chi connectivity index (χ0n) is 8.54. The minimum absolute atomic E-state index is 0.150. The van der Waals surface area contributed by atoms with Crippen LogP contribution in [0.5, 0.6) is 0 Å². The number of carbonyl (C=O) groups is 1. The molecule has 0 spiro atoms. The number of amides is 1. The second kappa shape index (κ2) is 5.29. The lowest BCUT2D eigenvalue weighted by atomic mass is 9.75. The molecule has 0 atom stereocenters. The van der Waals surface area contributed by atoms with E-state index in [2.05, 4.69) is 5.48 Å². The van der Waals surface area contributed by atoms with Gasteiger partial charge in [-0.25, -0.2) is 5.48 Å². The lowest BCUT2D eigenvalue weighted by molar-refractivity contribution is -0.136. The van der Waals surface area contributed by atoms with Gasteiger partial charge in [-0.2, -0.15) is 0 Å². The maximum atomic E-state index is 11.3. The molecule has 14 heavy (non-hydrogen) atoms. The maximum Gasteiger partial charge on any atom is 0.245 e. The lowest BCUT2D eigenvalue weighted by Crippen LogP contribution is -2.50. The van der Waals surface area contributed by atoms with E-state index in [4.69, 9.17) is 15.3 Å². The number of hydrogen-bond donors (Lipinski definition) is 2. The second-order valence-electron chi connectivity index (χ2n) is 3.76. The lowest BCUT2D eigenvalue weighted by Gasteiger charge is -2.37. The molecular formula is C9H18N2O3. The van der Waals surface area contributed by atoms with Crippen molar-refractivity contribution in [3.8, 4) is 0 Å². The number of carbonyl (C=O) groups excluding carboxylic acids is 1. The van der Waals surface area contributed by atoms with E-state index in [0.29, 0.717) is 19.6 Å². The summed E-state index contributed by atoms with van der Waals surface area (Å²) in [7, 11) is 1.58. The van der Waals surface area contributed by atoms with E-state index in [1.807, 2.05) is 0 Å². The Labute approximate surface area is 83.9 Å². The third kappa shape index (κ3) is 3.61. The Bertz CT molecular complexity index is 192. The number of hydrogen-bond acceptors (Lipinski definition) is 4. The van der Waals surface area contributed by atoms with Gasteiger partial charge < -0.3 is 10.5 Å². The van der Waals surface area contributed by atoms with Crippen molar-refractivity contribution in [2.24, 2.45) is 5.73 Å². The first kappa shape index (κ1) is 11.4. The summed E-state index contributed by atoms with van der Waals surface area (Å²) in [5, 5.41) is 0. The van der Waals surface area contributed by atoms with Crippen LogP contribution < -0.4 is 11.2 Å². The maximum absolute atomic E-state index is 11.3. The van der Waals surface area contributed by atoms with Crippen LogP contribution in [-0.4, -0.2) is 31.8 Å². The summed E-state index contributed by atoms with van der Waals surface area (Å²) in [6, 6.07) is 0. The predicted octanol–water partition coefficient (Wildman–Crippen LogP) is -0.0479. The summed E-state index contributed by atoms with van der Waals surface area (Å²) >= 11 is 0. The number of rotatable bonds is 6. The molecule has 0 unspecified atom stereocenters. The number of nitrogens with one attached hydrogen (secondary N) is 1. The number of methoxy groups -OCH3 is 1. The zero-order valence-corrected chi connectivity index (χ0v) is 8.54. The first-order chi connectivity index (χ1) is 6.66. The number of nitrogens with two attached hydrogens (primary N) is 1. The Kier molecular flexibility index (Phi) is 4.31. The van der Waals surface area contributed by atoms with Crippen LogP contribution in [0.1, 0.15) is 25.7 Å². The van der Waals surface area contributed by atoms with Crippen LogP contribution in [0, 0.1) is 0 Å². The van der Waals surface area contributed by atoms with Gasteiger partial charge in [0.2, 0.25) is 5.91 Å². The summed E-state index contributed by atoms with van der Waals surface area (Å²) in [5.74, 6) is -0.150. The van der Waals surface area contributed by atoms with Crippen molar-refractivity contribution in [3.63, 3.8) is 0 Å². The smallest absolute Gasteiger partial charge is 0.245 e. The Morgan fingerprint density at radius 2 is 2.21 bits per heavy atom. The normalized spacial score (nSPS) is 18.7. The second-order valence-corrected chi connectivity index (χ2v) is 3.76. The highest BCUT2D eigenvalue weighted by atomic mass is 16.7. The Hall–Kier alpha value is -0.650. The van der Waals surface area contributed by atoms with Crippen molar-refractivity contribution in [1.82, 2.24) is 5.48 Å². The van der Waals surface area contributed by atoms with E-state index in [1.54, 1.807) is 7.11 Å². The van der Waals surface area contributed by atoms with Gasteiger partial charge in [0, 0.05) is 19.1 Å². The topological polar surface area (TPSA) is 73.6 Å². The van der Waals surface area contributed by atoms with Crippen molar-refractivity contribution < 1.29 is 14.4 Å². The summed E-state index contributed by atoms with van der Waals surface area (Å²) in [6.07, 6.45) is 3.32. The molecule has 82 valence electrons. The molecule has 1 rings (SSSR count). The molecule has 1 fully saturated rings. The van der Waals surface area contributed by atoms with Gasteiger partial charge >= 0.3 is 0 Å². The molecule has 0 aromatic heterocycles. The molecule has 1 aliphatic carbocycles. The summed E-state index contributed by atoms with van der Waals surface area (Å²) in [6.45, 7) is 0.827. The highest BCUT2D eigenvalue weighted by Gasteiger charge is 2.34. The fourth-order valence-electron chi connectivity index (χ4n) is 1.42. The van der Waals surface area contributed by atoms with Crippen LogP contribution in [0.2, 0.25) is 0 Å². The summed E-state index contributed by atoms with van der Waals surface area (Å²) in [5.41, 5.74) is 7.95. The quantitative estimate of drug-likeness (QED) is 0.468. The van der Waals surface area contributed by atoms with Gasteiger partial charge in [0.25, 0.3) is 0 Å². The van der Waals surface area contributed by atoms with Crippen LogP contribution in [0.4, 0.5) is 0 Å². The fourth-order valence-corrected chi connectivity index (χ4v) is 1.42. The van der Waals surface area contributed by atoms with E-state index in [0.717, 1.165) is 19.3 Å². The summed E-state index contributed by atoms with van der Waals surface area (Å²) < 4.78 is 4.76. The van der Waals surface area contributed by atoms with E-state index >= 15 is 0 Å². The molecule has 1 amide bonds. The van der Waals surface area contributed by atoms with Crippen molar-refractivity contribution in [2.45, 2.75) is 31.2 Å². The van der Waals surface area contributed by atoms with Crippen molar-refractivity contribution in [2.75, 3.05) is 20.3 Å². The Balaban J connectivity index is 2.04. The Morgan fingerprint density at radius 1 is 1.50 bits per heavy atom. The SMILES string of the molecule is COCCONC(=O)CC1(N)CCC1. The summed E-state index contributed by atoms with van der Waals surface area (Å²) in [4.78, 5) is 16.1. The average Bonchev–Trinajstić information content (AvgIpc) is 2.10. The van der Waals surface area contributed by atoms with Crippen LogP contribution in [0.25, 0.3) is 0 Å². The van der Waals surface area contributed by atoms with Gasteiger partial charge in [-0.1, -0.05) is 0 Å². The number of hydroxylamine groups is 1. The minimum Gasteiger partial charge on any atom is -0.382 e. The molecule has 1 saturated carbocycles. The van der Waals surface area contributed by atoms with Crippen molar-refractivity contribution in [1.29, 1.82) is 0 Å². The average molecular weight is 202 g/mol. The molecule has 0 heterocycles. The molecule has 0 saturated heterocycles. The van der Waals surface area contributed by atoms with E-state index < -0.39 is 0 Å². The molecular weight excluding hydrogens is 184 g/mol. The fraction of sp³-hybridized carbons (Fsp3) is 0.889. The first-order valence-corrected chi connectivity index (χ1v) is 4.85. The third-order valence-electron chi connectivity index (χ3n) is 2.44. The van der Waals surface area contributed by atoms with Crippen molar-refractivity contribution in [3.05, 3.63) is 0 Å². The minimum atomic E-state index is -0.283. The molecule has 5 nitrogen and oxygen atoms in total. The van der Waals surface area contributed by atoms with Crippen molar-refractivity contribution >= 4 is 5.91 Å². The van der Waals surface area contributed by atoms with Gasteiger partial charge in [-0.15, -0.1) is 0 Å². The largest absolute Gasteiger partial charge is 0.382 e. The highest BCUT2D eigenvalue weighted by molar-refractivity contribution is 5.76. The van der Waals surface area contributed by atoms with E-state index in [9.17, 15) is 4.79 Å². The highest BCUT2D eigenvalue weighted by Crippen LogP contribution is 2.31. The van der Waals surface area contributed by atoms with E-state index in [-0.39, 0.29) is 11.4 Å². The molecule has 0 aromatic carbocycles. The Morgan fingerprint density at radius 3 is 2.71 bits per heavy atom. The van der Waals surface area contributed by atoms with Gasteiger partial charge in [0.1, 0.15) is 0 Å². The van der Waals surface area contributed by atoms with Gasteiger partial charge in [0.05, 0.1) is 13.2 Å². The van der Waals surface area contributed by atoms with Gasteiger partial charge in [0.15, 0.2) is 0 Å². The molecule has 5 heteroatoms. The molecule has 0 bridgehead atoms. The molecule has 0 radical (unpaired) electrons. The van der Waals surface area contributed by atoms with Crippen LogP contribution in [0.3, 0.4) is 0 Å².